The fraction of sp³-hybridized carbons (Fsp3) is 0.130. The number of ether oxygens (including phenoxy) is 1. The van der Waals surface area contributed by atoms with Crippen molar-refractivity contribution < 1.29 is 14.3 Å². The fourth-order valence-electron chi connectivity index (χ4n) is 3.04. The molecule has 32 heavy (non-hydrogen) atoms. The van der Waals surface area contributed by atoms with Gasteiger partial charge >= 0.3 is 5.97 Å². The molecule has 0 unspecified atom stereocenters. The van der Waals surface area contributed by atoms with Crippen molar-refractivity contribution in [2.75, 3.05) is 4.90 Å². The number of aliphatic imine (C=N–C) groups is 1. The van der Waals surface area contributed by atoms with Crippen molar-refractivity contribution in [1.82, 2.24) is 4.98 Å². The molecule has 1 aliphatic rings. The number of thiazole rings is 1. The van der Waals surface area contributed by atoms with Gasteiger partial charge in [-0.3, -0.25) is 9.69 Å². The number of hydrogen-bond acceptors (Lipinski definition) is 6. The zero-order valence-corrected chi connectivity index (χ0v) is 19.7. The average molecular weight is 486 g/mol. The first-order chi connectivity index (χ1) is 15.2. The van der Waals surface area contributed by atoms with E-state index in [-0.39, 0.29) is 17.5 Å². The van der Waals surface area contributed by atoms with Gasteiger partial charge in [0.25, 0.3) is 0 Å². The summed E-state index contributed by atoms with van der Waals surface area (Å²) in [5, 5.41) is 2.97. The Morgan fingerprint density at radius 3 is 2.56 bits per heavy atom. The maximum Gasteiger partial charge on any atom is 0.363 e. The number of esters is 1. The molecule has 0 bridgehead atoms. The molecule has 0 saturated carbocycles. The smallest absolute Gasteiger partial charge is 0.363 e. The van der Waals surface area contributed by atoms with Crippen LogP contribution in [0.3, 0.4) is 0 Å². The summed E-state index contributed by atoms with van der Waals surface area (Å²) in [5.74, 6) is -0.629. The standard InChI is InChI=1S/C23H17Cl2N3O3S/c1-12-4-6-17(8-13(12)2)28(14(3)29)23-26-16(11-32-23)10-20-22(30)31-21(27-20)15-5-7-18(24)19(25)9-15/h4-11H,1-3H3. The highest BCUT2D eigenvalue weighted by atomic mass is 35.5. The summed E-state index contributed by atoms with van der Waals surface area (Å²) in [6, 6.07) is 10.6. The quantitative estimate of drug-likeness (QED) is 0.330. The lowest BCUT2D eigenvalue weighted by atomic mass is 10.1. The van der Waals surface area contributed by atoms with Crippen molar-refractivity contribution in [3.8, 4) is 0 Å². The summed E-state index contributed by atoms with van der Waals surface area (Å²) in [6.07, 6.45) is 1.52. The summed E-state index contributed by atoms with van der Waals surface area (Å²) in [4.78, 5) is 35.0. The van der Waals surface area contributed by atoms with E-state index >= 15 is 0 Å². The third-order valence-electron chi connectivity index (χ3n) is 4.84. The number of halogens is 2. The maximum atomic E-state index is 12.4. The number of benzene rings is 2. The molecule has 1 amide bonds. The molecule has 0 fully saturated rings. The summed E-state index contributed by atoms with van der Waals surface area (Å²) in [7, 11) is 0. The van der Waals surface area contributed by atoms with Gasteiger partial charge in [0.05, 0.1) is 21.4 Å². The van der Waals surface area contributed by atoms with Crippen molar-refractivity contribution in [3.05, 3.63) is 79.9 Å². The molecule has 0 radical (unpaired) electrons. The van der Waals surface area contributed by atoms with E-state index in [1.165, 1.54) is 29.2 Å². The van der Waals surface area contributed by atoms with E-state index in [1.54, 1.807) is 23.6 Å². The Morgan fingerprint density at radius 1 is 1.09 bits per heavy atom. The van der Waals surface area contributed by atoms with Gasteiger partial charge in [0.15, 0.2) is 10.8 Å². The molecule has 0 atom stereocenters. The van der Waals surface area contributed by atoms with Gasteiger partial charge in [-0.25, -0.2) is 14.8 Å². The number of aromatic nitrogens is 1. The second-order valence-corrected chi connectivity index (χ2v) is 8.79. The highest BCUT2D eigenvalue weighted by Gasteiger charge is 2.25. The van der Waals surface area contributed by atoms with Crippen molar-refractivity contribution >= 4 is 69.2 Å². The van der Waals surface area contributed by atoms with E-state index in [9.17, 15) is 9.59 Å². The Labute approximate surface area is 198 Å². The summed E-state index contributed by atoms with van der Waals surface area (Å²) in [6.45, 7) is 5.49. The number of nitrogens with zero attached hydrogens (tertiary/aromatic N) is 3. The van der Waals surface area contributed by atoms with E-state index in [1.807, 2.05) is 32.0 Å². The molecule has 0 saturated heterocycles. The van der Waals surface area contributed by atoms with Crippen LogP contribution in [0.1, 0.15) is 29.3 Å². The van der Waals surface area contributed by atoms with Crippen LogP contribution in [-0.4, -0.2) is 22.8 Å². The molecule has 6 nitrogen and oxygen atoms in total. The Balaban J connectivity index is 1.64. The lowest BCUT2D eigenvalue weighted by Gasteiger charge is -2.19. The average Bonchev–Trinajstić information content (AvgIpc) is 3.34. The van der Waals surface area contributed by atoms with E-state index in [2.05, 4.69) is 9.98 Å². The first-order valence-electron chi connectivity index (χ1n) is 9.54. The predicted octanol–water partition coefficient (Wildman–Crippen LogP) is 6.10. The molecule has 2 aromatic carbocycles. The summed E-state index contributed by atoms with van der Waals surface area (Å²) < 4.78 is 5.27. The van der Waals surface area contributed by atoms with Gasteiger partial charge in [0.1, 0.15) is 0 Å². The van der Waals surface area contributed by atoms with Gasteiger partial charge in [-0.15, -0.1) is 11.3 Å². The third kappa shape index (κ3) is 4.46. The molecule has 0 aliphatic carbocycles. The Morgan fingerprint density at radius 2 is 1.88 bits per heavy atom. The topological polar surface area (TPSA) is 71.9 Å². The fourth-order valence-corrected chi connectivity index (χ4v) is 4.18. The van der Waals surface area contributed by atoms with Crippen LogP contribution >= 0.6 is 34.5 Å². The third-order valence-corrected chi connectivity index (χ3v) is 6.42. The second kappa shape index (κ2) is 8.86. The lowest BCUT2D eigenvalue weighted by Crippen LogP contribution is -2.22. The van der Waals surface area contributed by atoms with Gasteiger partial charge in [-0.2, -0.15) is 0 Å². The number of rotatable bonds is 4. The number of hydrogen-bond donors (Lipinski definition) is 0. The molecule has 4 rings (SSSR count). The van der Waals surface area contributed by atoms with Crippen LogP contribution in [0.4, 0.5) is 10.8 Å². The SMILES string of the molecule is CC(=O)N(c1ccc(C)c(C)c1)c1nc(C=C2N=C(c3ccc(Cl)c(Cl)c3)OC2=O)cs1. The number of carbonyl (C=O) groups excluding carboxylic acids is 2. The zero-order valence-electron chi connectivity index (χ0n) is 17.3. The number of amides is 1. The zero-order chi connectivity index (χ0) is 23.0. The van der Waals surface area contributed by atoms with Gasteiger partial charge in [-0.05, 0) is 61.4 Å². The van der Waals surface area contributed by atoms with Crippen LogP contribution in [0, 0.1) is 13.8 Å². The van der Waals surface area contributed by atoms with Crippen molar-refractivity contribution in [2.24, 2.45) is 4.99 Å². The molecule has 1 aromatic heterocycles. The van der Waals surface area contributed by atoms with Crippen molar-refractivity contribution in [1.29, 1.82) is 0 Å². The number of anilines is 2. The highest BCUT2D eigenvalue weighted by molar-refractivity contribution is 7.14. The van der Waals surface area contributed by atoms with Crippen molar-refractivity contribution in [2.45, 2.75) is 20.8 Å². The molecule has 1 aliphatic heterocycles. The van der Waals surface area contributed by atoms with Crippen LogP contribution in [0.25, 0.3) is 6.08 Å². The van der Waals surface area contributed by atoms with E-state index in [0.29, 0.717) is 26.4 Å². The number of aryl methyl sites for hydroxylation is 2. The molecule has 9 heteroatoms. The van der Waals surface area contributed by atoms with E-state index < -0.39 is 5.97 Å². The van der Waals surface area contributed by atoms with E-state index in [0.717, 1.165) is 16.8 Å². The van der Waals surface area contributed by atoms with Gasteiger partial charge in [0.2, 0.25) is 11.8 Å². The minimum atomic E-state index is -0.599. The molecule has 0 N–H and O–H groups in total. The highest BCUT2D eigenvalue weighted by Crippen LogP contribution is 2.31. The molecular formula is C23H17Cl2N3O3S. The van der Waals surface area contributed by atoms with Crippen LogP contribution in [0.15, 0.2) is 52.5 Å². The normalized spacial score (nSPS) is 14.5. The maximum absolute atomic E-state index is 12.4. The molecule has 3 aromatic rings. The first-order valence-corrected chi connectivity index (χ1v) is 11.2. The summed E-state index contributed by atoms with van der Waals surface area (Å²) in [5.41, 5.74) is 4.07. The number of carbonyl (C=O) groups is 2. The van der Waals surface area contributed by atoms with Crippen LogP contribution in [0.2, 0.25) is 10.0 Å². The minimum absolute atomic E-state index is 0.100. The van der Waals surface area contributed by atoms with Crippen LogP contribution in [-0.2, 0) is 14.3 Å². The molecular weight excluding hydrogens is 469 g/mol. The Hall–Kier alpha value is -3.00. The largest absolute Gasteiger partial charge is 0.402 e. The van der Waals surface area contributed by atoms with Crippen LogP contribution < -0.4 is 4.90 Å². The van der Waals surface area contributed by atoms with Gasteiger partial charge in [0, 0.05) is 17.9 Å². The summed E-state index contributed by atoms with van der Waals surface area (Å²) >= 11 is 13.3. The Kier molecular flexibility index (Phi) is 6.15. The first kappa shape index (κ1) is 22.2. The van der Waals surface area contributed by atoms with Crippen LogP contribution in [0.5, 0.6) is 0 Å². The van der Waals surface area contributed by atoms with Gasteiger partial charge < -0.3 is 4.74 Å². The van der Waals surface area contributed by atoms with Crippen molar-refractivity contribution in [3.63, 3.8) is 0 Å². The molecule has 2 heterocycles. The minimum Gasteiger partial charge on any atom is -0.402 e. The Bertz CT molecular complexity index is 1310. The molecule has 0 spiro atoms. The number of cyclic esters (lactones) is 1. The van der Waals surface area contributed by atoms with Gasteiger partial charge in [-0.1, -0.05) is 29.3 Å². The molecule has 162 valence electrons. The second-order valence-electron chi connectivity index (χ2n) is 7.14. The predicted molar refractivity (Wildman–Crippen MR) is 128 cm³/mol. The lowest BCUT2D eigenvalue weighted by molar-refractivity contribution is -0.130. The van der Waals surface area contributed by atoms with E-state index in [4.69, 9.17) is 27.9 Å². The monoisotopic (exact) mass is 485 g/mol.